The molecule has 0 spiro atoms. The van der Waals surface area contributed by atoms with Gasteiger partial charge in [0.1, 0.15) is 0 Å². The number of carbonyl (C=O) groups is 2. The van der Waals surface area contributed by atoms with Crippen molar-refractivity contribution in [1.29, 1.82) is 0 Å². The average molecular weight is 362 g/mol. The van der Waals surface area contributed by atoms with Crippen molar-refractivity contribution < 1.29 is 14.3 Å². The van der Waals surface area contributed by atoms with E-state index in [4.69, 9.17) is 4.74 Å². The lowest BCUT2D eigenvalue weighted by atomic mass is 10.2. The summed E-state index contributed by atoms with van der Waals surface area (Å²) in [6, 6.07) is 7.81. The minimum absolute atomic E-state index is 0.0659. The number of hydrogen-bond acceptors (Lipinski definition) is 5. The third-order valence-corrected chi connectivity index (χ3v) is 4.06. The minimum Gasteiger partial charge on any atom is -0.378 e. The Morgan fingerprint density at radius 3 is 2.35 bits per heavy atom. The molecule has 2 amide bonds. The molecule has 2 rings (SSSR count). The SMILES string of the molecule is CC(C)CNC(=O)CN(C)CC(=O)Nc1ccc(N2CCOCC2)cc1. The summed E-state index contributed by atoms with van der Waals surface area (Å²) >= 11 is 0. The standard InChI is InChI=1S/C19H30N4O3/c1-15(2)12-20-18(24)13-22(3)14-19(25)21-16-4-6-17(7-5-16)23-8-10-26-11-9-23/h4-7,15H,8-14H2,1-3H3,(H,20,24)(H,21,25). The zero-order chi connectivity index (χ0) is 18.9. The molecule has 0 aliphatic carbocycles. The van der Waals surface area contributed by atoms with Crippen molar-refractivity contribution >= 4 is 23.2 Å². The van der Waals surface area contributed by atoms with Crippen molar-refractivity contribution in [2.24, 2.45) is 5.92 Å². The highest BCUT2D eigenvalue weighted by atomic mass is 16.5. The zero-order valence-corrected chi connectivity index (χ0v) is 16.0. The summed E-state index contributed by atoms with van der Waals surface area (Å²) < 4.78 is 5.36. The molecule has 0 aromatic heterocycles. The van der Waals surface area contributed by atoms with Crippen LogP contribution in [0.15, 0.2) is 24.3 Å². The van der Waals surface area contributed by atoms with Gasteiger partial charge in [-0.2, -0.15) is 0 Å². The maximum atomic E-state index is 12.1. The van der Waals surface area contributed by atoms with Crippen LogP contribution in [0.25, 0.3) is 0 Å². The molecule has 0 atom stereocenters. The van der Waals surface area contributed by atoms with Gasteiger partial charge in [0.25, 0.3) is 0 Å². The van der Waals surface area contributed by atoms with Gasteiger partial charge in [-0.05, 0) is 37.2 Å². The fourth-order valence-corrected chi connectivity index (χ4v) is 2.70. The predicted molar refractivity (Wildman–Crippen MR) is 103 cm³/mol. The molecular formula is C19H30N4O3. The normalized spacial score (nSPS) is 14.6. The van der Waals surface area contributed by atoms with Crippen LogP contribution >= 0.6 is 0 Å². The number of nitrogens with zero attached hydrogens (tertiary/aromatic N) is 2. The monoisotopic (exact) mass is 362 g/mol. The first-order chi connectivity index (χ1) is 12.4. The first-order valence-corrected chi connectivity index (χ1v) is 9.12. The van der Waals surface area contributed by atoms with Crippen LogP contribution in [0.4, 0.5) is 11.4 Å². The average Bonchev–Trinajstić information content (AvgIpc) is 2.61. The van der Waals surface area contributed by atoms with Crippen LogP contribution in [0, 0.1) is 5.92 Å². The van der Waals surface area contributed by atoms with Gasteiger partial charge in [-0.3, -0.25) is 14.5 Å². The van der Waals surface area contributed by atoms with E-state index in [1.54, 1.807) is 11.9 Å². The first-order valence-electron chi connectivity index (χ1n) is 9.12. The summed E-state index contributed by atoms with van der Waals surface area (Å²) in [7, 11) is 1.76. The van der Waals surface area contributed by atoms with E-state index < -0.39 is 0 Å². The topological polar surface area (TPSA) is 73.9 Å². The molecule has 26 heavy (non-hydrogen) atoms. The van der Waals surface area contributed by atoms with Crippen LogP contribution < -0.4 is 15.5 Å². The second-order valence-electron chi connectivity index (χ2n) is 7.06. The number of amides is 2. The van der Waals surface area contributed by atoms with E-state index in [9.17, 15) is 9.59 Å². The third-order valence-electron chi connectivity index (χ3n) is 4.06. The van der Waals surface area contributed by atoms with Crippen molar-refractivity contribution in [2.45, 2.75) is 13.8 Å². The van der Waals surface area contributed by atoms with Crippen LogP contribution in [-0.4, -0.2) is 69.7 Å². The highest BCUT2D eigenvalue weighted by Gasteiger charge is 2.13. The van der Waals surface area contributed by atoms with Crippen LogP contribution in [0.3, 0.4) is 0 Å². The maximum Gasteiger partial charge on any atom is 0.238 e. The molecule has 1 fully saturated rings. The number of likely N-dealkylation sites (N-methyl/N-ethyl adjacent to an activating group) is 1. The summed E-state index contributed by atoms with van der Waals surface area (Å²) in [6.07, 6.45) is 0. The fraction of sp³-hybridized carbons (Fsp3) is 0.579. The number of morpholine rings is 1. The number of ether oxygens (including phenoxy) is 1. The van der Waals surface area contributed by atoms with Gasteiger partial charge < -0.3 is 20.3 Å². The largest absolute Gasteiger partial charge is 0.378 e. The minimum atomic E-state index is -0.136. The Kier molecular flexibility index (Phi) is 7.87. The van der Waals surface area contributed by atoms with Gasteiger partial charge >= 0.3 is 0 Å². The van der Waals surface area contributed by atoms with E-state index in [1.807, 2.05) is 38.1 Å². The molecule has 144 valence electrons. The Hall–Kier alpha value is -2.12. The molecule has 1 heterocycles. The summed E-state index contributed by atoms with van der Waals surface area (Å²) in [4.78, 5) is 27.9. The summed E-state index contributed by atoms with van der Waals surface area (Å²) in [5.74, 6) is 0.208. The highest BCUT2D eigenvalue weighted by molar-refractivity contribution is 5.92. The van der Waals surface area contributed by atoms with Gasteiger partial charge in [-0.25, -0.2) is 0 Å². The van der Waals surface area contributed by atoms with Crippen molar-refractivity contribution in [2.75, 3.05) is 63.2 Å². The fourth-order valence-electron chi connectivity index (χ4n) is 2.70. The molecule has 0 unspecified atom stereocenters. The number of rotatable bonds is 8. The molecule has 1 aromatic carbocycles. The van der Waals surface area contributed by atoms with Crippen LogP contribution in [0.2, 0.25) is 0 Å². The molecular weight excluding hydrogens is 332 g/mol. The molecule has 0 saturated carbocycles. The van der Waals surface area contributed by atoms with Crippen molar-refractivity contribution in [3.05, 3.63) is 24.3 Å². The van der Waals surface area contributed by atoms with E-state index in [-0.39, 0.29) is 24.9 Å². The Morgan fingerprint density at radius 2 is 1.73 bits per heavy atom. The first kappa shape index (κ1) is 20.2. The molecule has 0 radical (unpaired) electrons. The zero-order valence-electron chi connectivity index (χ0n) is 16.0. The Labute approximate surface area is 155 Å². The van der Waals surface area contributed by atoms with E-state index in [0.717, 1.165) is 37.7 Å². The second kappa shape index (κ2) is 10.1. The Morgan fingerprint density at radius 1 is 1.12 bits per heavy atom. The quantitative estimate of drug-likeness (QED) is 0.726. The van der Waals surface area contributed by atoms with E-state index in [1.165, 1.54) is 0 Å². The number of carbonyl (C=O) groups excluding carboxylic acids is 2. The lowest BCUT2D eigenvalue weighted by Gasteiger charge is -2.28. The van der Waals surface area contributed by atoms with Crippen molar-refractivity contribution in [1.82, 2.24) is 10.2 Å². The number of anilines is 2. The van der Waals surface area contributed by atoms with Crippen molar-refractivity contribution in [3.8, 4) is 0 Å². The van der Waals surface area contributed by atoms with Crippen LogP contribution in [-0.2, 0) is 14.3 Å². The molecule has 0 bridgehead atoms. The van der Waals surface area contributed by atoms with Gasteiger partial charge in [0.05, 0.1) is 26.3 Å². The molecule has 1 aromatic rings. The van der Waals surface area contributed by atoms with E-state index in [0.29, 0.717) is 12.5 Å². The van der Waals surface area contributed by atoms with Crippen molar-refractivity contribution in [3.63, 3.8) is 0 Å². The van der Waals surface area contributed by atoms with Gasteiger partial charge in [-0.15, -0.1) is 0 Å². The molecule has 7 nitrogen and oxygen atoms in total. The Bertz CT molecular complexity index is 583. The Balaban J connectivity index is 1.75. The summed E-state index contributed by atoms with van der Waals surface area (Å²) in [5, 5.41) is 5.72. The van der Waals surface area contributed by atoms with Gasteiger partial charge in [0, 0.05) is 31.0 Å². The molecule has 1 aliphatic heterocycles. The van der Waals surface area contributed by atoms with E-state index in [2.05, 4.69) is 15.5 Å². The summed E-state index contributed by atoms with van der Waals surface area (Å²) in [6.45, 7) is 8.37. The number of nitrogens with one attached hydrogen (secondary N) is 2. The number of benzene rings is 1. The van der Waals surface area contributed by atoms with Crippen LogP contribution in [0.1, 0.15) is 13.8 Å². The van der Waals surface area contributed by atoms with Crippen LogP contribution in [0.5, 0.6) is 0 Å². The molecule has 1 saturated heterocycles. The van der Waals surface area contributed by atoms with Gasteiger partial charge in [0.15, 0.2) is 0 Å². The van der Waals surface area contributed by atoms with E-state index >= 15 is 0 Å². The second-order valence-corrected chi connectivity index (χ2v) is 7.06. The molecule has 7 heteroatoms. The molecule has 2 N–H and O–H groups in total. The lowest BCUT2D eigenvalue weighted by molar-refractivity contribution is -0.123. The highest BCUT2D eigenvalue weighted by Crippen LogP contribution is 2.18. The lowest BCUT2D eigenvalue weighted by Crippen LogP contribution is -2.40. The number of hydrogen-bond donors (Lipinski definition) is 2. The molecule has 1 aliphatic rings. The maximum absolute atomic E-state index is 12.1. The summed E-state index contributed by atoms with van der Waals surface area (Å²) in [5.41, 5.74) is 1.88. The van der Waals surface area contributed by atoms with Gasteiger partial charge in [0.2, 0.25) is 11.8 Å². The van der Waals surface area contributed by atoms with Gasteiger partial charge in [-0.1, -0.05) is 13.8 Å². The smallest absolute Gasteiger partial charge is 0.238 e. The third kappa shape index (κ3) is 7.01. The predicted octanol–water partition coefficient (Wildman–Crippen LogP) is 1.17.